The van der Waals surface area contributed by atoms with E-state index in [1.54, 1.807) is 0 Å². The van der Waals surface area contributed by atoms with Crippen LogP contribution in [0.5, 0.6) is 0 Å². The van der Waals surface area contributed by atoms with Crippen LogP contribution in [0.3, 0.4) is 0 Å². The molecule has 0 heterocycles. The standard InChI is InChI=1S/C16H18O2/c1-3-7-15(8-4-1)11-13-17-18-14-12-16-9-5-2-6-10-16/h1-10H,11-14H2/p+1. The second-order valence-corrected chi connectivity index (χ2v) is 4.12. The minimum absolute atomic E-state index is 0. The smallest absolute Gasteiger partial charge is 0.236 e. The van der Waals surface area contributed by atoms with Gasteiger partial charge in [-0.2, -0.15) is 0 Å². The summed E-state index contributed by atoms with van der Waals surface area (Å²) in [5.74, 6) is 0. The van der Waals surface area contributed by atoms with Crippen LogP contribution in [0.15, 0.2) is 60.7 Å². The monoisotopic (exact) mass is 243 g/mol. The molecule has 18 heavy (non-hydrogen) atoms. The van der Waals surface area contributed by atoms with Crippen molar-refractivity contribution in [2.45, 2.75) is 12.8 Å². The zero-order valence-electron chi connectivity index (χ0n) is 11.4. The maximum absolute atomic E-state index is 5.16. The van der Waals surface area contributed by atoms with E-state index in [1.807, 2.05) is 36.4 Å². The highest BCUT2D eigenvalue weighted by Gasteiger charge is 1.94. The van der Waals surface area contributed by atoms with E-state index < -0.39 is 0 Å². The van der Waals surface area contributed by atoms with Crippen molar-refractivity contribution >= 4 is 0 Å². The maximum atomic E-state index is 5.16. The molecular weight excluding hydrogens is 224 g/mol. The van der Waals surface area contributed by atoms with Crippen molar-refractivity contribution in [3.63, 3.8) is 0 Å². The van der Waals surface area contributed by atoms with Crippen LogP contribution in [-0.2, 0) is 22.6 Å². The lowest BCUT2D eigenvalue weighted by atomic mass is 10.2. The highest BCUT2D eigenvalue weighted by atomic mass is 17.2. The van der Waals surface area contributed by atoms with Crippen molar-refractivity contribution in [3.05, 3.63) is 71.8 Å². The molecule has 94 valence electrons. The molecule has 0 aromatic heterocycles. The van der Waals surface area contributed by atoms with E-state index in [0.717, 1.165) is 12.8 Å². The molecule has 0 aliphatic heterocycles. The molecule has 0 atom stereocenters. The van der Waals surface area contributed by atoms with E-state index >= 15 is 0 Å². The predicted octanol–water partition coefficient (Wildman–Crippen LogP) is 3.53. The second-order valence-electron chi connectivity index (χ2n) is 4.12. The summed E-state index contributed by atoms with van der Waals surface area (Å²) in [5, 5.41) is 0. The first-order valence-electron chi connectivity index (χ1n) is 6.27. The zero-order chi connectivity index (χ0) is 12.5. The van der Waals surface area contributed by atoms with Gasteiger partial charge in [-0.05, 0) is 24.0 Å². The lowest BCUT2D eigenvalue weighted by Crippen LogP contribution is -2.03. The Labute approximate surface area is 110 Å². The van der Waals surface area contributed by atoms with Crippen LogP contribution in [0.1, 0.15) is 12.6 Å². The molecule has 0 unspecified atom stereocenters. The maximum Gasteiger partial charge on any atom is 1.00 e. The highest BCUT2D eigenvalue weighted by molar-refractivity contribution is 5.15. The summed E-state index contributed by atoms with van der Waals surface area (Å²) in [6, 6.07) is 20.5. The third kappa shape index (κ3) is 4.70. The van der Waals surface area contributed by atoms with Gasteiger partial charge in [0.15, 0.2) is 0 Å². The summed E-state index contributed by atoms with van der Waals surface area (Å²) in [4.78, 5) is 10.3. The number of benzene rings is 2. The Morgan fingerprint density at radius 1 is 0.611 bits per heavy atom. The zero-order valence-corrected chi connectivity index (χ0v) is 10.4. The van der Waals surface area contributed by atoms with Gasteiger partial charge in [0.1, 0.15) is 0 Å². The molecular formula is C16H19O2+. The van der Waals surface area contributed by atoms with E-state index in [2.05, 4.69) is 24.3 Å². The summed E-state index contributed by atoms with van der Waals surface area (Å²) in [6.07, 6.45) is 1.76. The number of hydrogen-bond donors (Lipinski definition) is 0. The molecule has 2 heteroatoms. The van der Waals surface area contributed by atoms with Gasteiger partial charge in [0, 0.05) is 0 Å². The van der Waals surface area contributed by atoms with Crippen LogP contribution in [0, 0.1) is 0 Å². The second kappa shape index (κ2) is 7.64. The van der Waals surface area contributed by atoms with E-state index in [1.165, 1.54) is 11.1 Å². The Morgan fingerprint density at radius 3 is 1.39 bits per heavy atom. The van der Waals surface area contributed by atoms with Crippen LogP contribution in [-0.4, -0.2) is 13.2 Å². The van der Waals surface area contributed by atoms with Crippen molar-refractivity contribution in [2.75, 3.05) is 13.2 Å². The topological polar surface area (TPSA) is 18.5 Å². The lowest BCUT2D eigenvalue weighted by Gasteiger charge is -2.04. The molecule has 0 amide bonds. The van der Waals surface area contributed by atoms with Crippen molar-refractivity contribution in [3.8, 4) is 0 Å². The Morgan fingerprint density at radius 2 is 1.00 bits per heavy atom. The van der Waals surface area contributed by atoms with Gasteiger partial charge >= 0.3 is 1.43 Å². The summed E-state index contributed by atoms with van der Waals surface area (Å²) in [5.41, 5.74) is 2.54. The molecule has 2 aromatic carbocycles. The molecule has 2 nitrogen and oxygen atoms in total. The van der Waals surface area contributed by atoms with Gasteiger partial charge < -0.3 is 0 Å². The summed E-state index contributed by atoms with van der Waals surface area (Å²) in [6.45, 7) is 1.19. The third-order valence-corrected chi connectivity index (χ3v) is 2.72. The minimum atomic E-state index is 0. The molecule has 0 N–H and O–H groups in total. The Balaban J connectivity index is 0.00000180. The van der Waals surface area contributed by atoms with Gasteiger partial charge in [-0.1, -0.05) is 60.7 Å². The first-order chi connectivity index (χ1) is 8.95. The molecule has 0 aliphatic carbocycles. The summed E-state index contributed by atoms with van der Waals surface area (Å²) in [7, 11) is 0. The Bertz CT molecular complexity index is 388. The SMILES string of the molecule is [H+].c1ccc(CCOOCCc2ccccc2)cc1. The average molecular weight is 243 g/mol. The Hall–Kier alpha value is -1.64. The molecule has 0 saturated heterocycles. The molecule has 0 bridgehead atoms. The fourth-order valence-electron chi connectivity index (χ4n) is 1.73. The first-order valence-corrected chi connectivity index (χ1v) is 6.27. The largest absolute Gasteiger partial charge is 1.00 e. The van der Waals surface area contributed by atoms with Crippen molar-refractivity contribution < 1.29 is 11.2 Å². The van der Waals surface area contributed by atoms with Gasteiger partial charge in [0.2, 0.25) is 0 Å². The van der Waals surface area contributed by atoms with Crippen molar-refractivity contribution in [1.82, 2.24) is 0 Å². The Kier molecular flexibility index (Phi) is 5.44. The normalized spacial score (nSPS) is 10.4. The van der Waals surface area contributed by atoms with Crippen LogP contribution < -0.4 is 0 Å². The summed E-state index contributed by atoms with van der Waals surface area (Å²) < 4.78 is 0. The molecule has 0 radical (unpaired) electrons. The van der Waals surface area contributed by atoms with Crippen LogP contribution in [0.25, 0.3) is 0 Å². The van der Waals surface area contributed by atoms with Crippen LogP contribution in [0.2, 0.25) is 0 Å². The van der Waals surface area contributed by atoms with E-state index in [0.29, 0.717) is 13.2 Å². The quantitative estimate of drug-likeness (QED) is 0.421. The first kappa shape index (κ1) is 12.8. The third-order valence-electron chi connectivity index (χ3n) is 2.72. The predicted molar refractivity (Wildman–Crippen MR) is 73.3 cm³/mol. The number of rotatable bonds is 7. The van der Waals surface area contributed by atoms with Gasteiger partial charge in [0.05, 0.1) is 13.2 Å². The highest BCUT2D eigenvalue weighted by Crippen LogP contribution is 2.01. The fraction of sp³-hybridized carbons (Fsp3) is 0.250. The van der Waals surface area contributed by atoms with E-state index in [9.17, 15) is 0 Å². The van der Waals surface area contributed by atoms with Gasteiger partial charge in [-0.3, -0.25) is 0 Å². The fourth-order valence-corrected chi connectivity index (χ4v) is 1.73. The molecule has 2 rings (SSSR count). The van der Waals surface area contributed by atoms with Gasteiger partial charge in [-0.25, -0.2) is 9.78 Å². The summed E-state index contributed by atoms with van der Waals surface area (Å²) >= 11 is 0. The van der Waals surface area contributed by atoms with E-state index in [-0.39, 0.29) is 1.43 Å². The molecule has 0 saturated carbocycles. The van der Waals surface area contributed by atoms with Gasteiger partial charge in [-0.15, -0.1) is 0 Å². The van der Waals surface area contributed by atoms with E-state index in [4.69, 9.17) is 9.78 Å². The van der Waals surface area contributed by atoms with Gasteiger partial charge in [0.25, 0.3) is 0 Å². The molecule has 0 spiro atoms. The van der Waals surface area contributed by atoms with Crippen LogP contribution in [0.4, 0.5) is 0 Å². The molecule has 0 aliphatic rings. The molecule has 2 aromatic rings. The lowest BCUT2D eigenvalue weighted by molar-refractivity contribution is -0.293. The average Bonchev–Trinajstić information content (AvgIpc) is 2.45. The van der Waals surface area contributed by atoms with Crippen molar-refractivity contribution in [2.24, 2.45) is 0 Å². The van der Waals surface area contributed by atoms with Crippen molar-refractivity contribution in [1.29, 1.82) is 0 Å². The van der Waals surface area contributed by atoms with Crippen LogP contribution >= 0.6 is 0 Å². The molecule has 0 fully saturated rings. The minimum Gasteiger partial charge on any atom is -0.236 e. The number of hydrogen-bond acceptors (Lipinski definition) is 2.